The summed E-state index contributed by atoms with van der Waals surface area (Å²) in [5.74, 6) is 0.199. The fraction of sp³-hybridized carbons (Fsp3) is 0.400. The molecule has 160 valence electrons. The van der Waals surface area contributed by atoms with Crippen LogP contribution in [0.4, 0.5) is 26.3 Å². The first-order valence-electron chi connectivity index (χ1n) is 8.85. The van der Waals surface area contributed by atoms with Crippen LogP contribution in [0.3, 0.4) is 0 Å². The molecule has 0 atom stereocenters. The second-order valence-electron chi connectivity index (χ2n) is 6.42. The van der Waals surface area contributed by atoms with Gasteiger partial charge in [0.2, 0.25) is 0 Å². The van der Waals surface area contributed by atoms with Crippen molar-refractivity contribution in [2.45, 2.75) is 38.0 Å². The third-order valence-corrected chi connectivity index (χ3v) is 5.50. The summed E-state index contributed by atoms with van der Waals surface area (Å²) in [6.07, 6.45) is -8.23. The maximum atomic E-state index is 13.0. The molecule has 2 aromatic carbocycles. The first-order chi connectivity index (χ1) is 13.5. The molecule has 29 heavy (non-hydrogen) atoms. The molecular weight excluding hydrogens is 418 g/mol. The molecule has 0 aliphatic rings. The number of aromatic hydroxyl groups is 2. The summed E-state index contributed by atoms with van der Waals surface area (Å²) < 4.78 is 78.0. The van der Waals surface area contributed by atoms with Gasteiger partial charge in [-0.15, -0.1) is 0 Å². The second kappa shape index (κ2) is 9.65. The Balaban J connectivity index is 1.82. The number of halogens is 6. The van der Waals surface area contributed by atoms with Crippen molar-refractivity contribution in [3.05, 3.63) is 58.7 Å². The number of hydrogen-bond acceptors (Lipinski definition) is 3. The number of benzene rings is 2. The first kappa shape index (κ1) is 23.3. The van der Waals surface area contributed by atoms with Gasteiger partial charge in [0.25, 0.3) is 0 Å². The molecule has 0 unspecified atom stereocenters. The lowest BCUT2D eigenvalue weighted by atomic mass is 10.0. The molecule has 0 aliphatic carbocycles. The molecule has 0 fully saturated rings. The summed E-state index contributed by atoms with van der Waals surface area (Å²) in [7, 11) is 0. The van der Waals surface area contributed by atoms with Crippen LogP contribution in [0.1, 0.15) is 35.1 Å². The topological polar surface area (TPSA) is 40.5 Å². The number of thioether (sulfide) groups is 1. The normalized spacial score (nSPS) is 12.3. The SMILES string of the molecule is Oc1cccc(C(F)(F)F)c1CCCSCCCc1c(O)cccc1C(F)(F)F. The van der Waals surface area contributed by atoms with E-state index in [4.69, 9.17) is 0 Å². The highest BCUT2D eigenvalue weighted by Crippen LogP contribution is 2.37. The van der Waals surface area contributed by atoms with Crippen molar-refractivity contribution in [2.24, 2.45) is 0 Å². The molecule has 2 N–H and O–H groups in total. The predicted octanol–water partition coefficient (Wildman–Crippen LogP) is 6.43. The molecule has 2 aromatic rings. The highest BCUT2D eigenvalue weighted by Gasteiger charge is 2.34. The van der Waals surface area contributed by atoms with Gasteiger partial charge in [-0.05, 0) is 61.5 Å². The highest BCUT2D eigenvalue weighted by molar-refractivity contribution is 7.99. The lowest BCUT2D eigenvalue weighted by Gasteiger charge is -2.14. The predicted molar refractivity (Wildman–Crippen MR) is 100 cm³/mol. The fourth-order valence-corrected chi connectivity index (χ4v) is 3.91. The number of rotatable bonds is 8. The minimum absolute atomic E-state index is 0.0478. The number of phenols is 2. The van der Waals surface area contributed by atoms with Gasteiger partial charge < -0.3 is 10.2 Å². The molecule has 0 radical (unpaired) electrons. The molecular formula is C20H20F6O2S. The number of hydrogen-bond donors (Lipinski definition) is 2. The molecule has 2 nitrogen and oxygen atoms in total. The zero-order valence-electron chi connectivity index (χ0n) is 15.3. The van der Waals surface area contributed by atoms with Crippen LogP contribution in [-0.4, -0.2) is 21.7 Å². The van der Waals surface area contributed by atoms with E-state index in [1.54, 1.807) is 0 Å². The van der Waals surface area contributed by atoms with Crippen molar-refractivity contribution in [3.63, 3.8) is 0 Å². The summed E-state index contributed by atoms with van der Waals surface area (Å²) in [6, 6.07) is 6.55. The summed E-state index contributed by atoms with van der Waals surface area (Å²) in [4.78, 5) is 0. The largest absolute Gasteiger partial charge is 0.508 e. The van der Waals surface area contributed by atoms with Crippen molar-refractivity contribution in [3.8, 4) is 11.5 Å². The van der Waals surface area contributed by atoms with E-state index in [2.05, 4.69) is 0 Å². The standard InChI is InChI=1S/C20H20F6O2S/c21-19(22,23)15-7-1-9-17(27)13(15)5-3-11-29-12-4-6-14-16(20(24,25)26)8-2-10-18(14)28/h1-2,7-10,27-28H,3-6,11-12H2. The summed E-state index contributed by atoms with van der Waals surface area (Å²) in [5.41, 5.74) is -2.02. The Morgan fingerprint density at radius 2 is 1.03 bits per heavy atom. The van der Waals surface area contributed by atoms with Gasteiger partial charge in [-0.3, -0.25) is 0 Å². The van der Waals surface area contributed by atoms with Crippen LogP contribution in [0.15, 0.2) is 36.4 Å². The van der Waals surface area contributed by atoms with Crippen molar-refractivity contribution < 1.29 is 36.6 Å². The first-order valence-corrected chi connectivity index (χ1v) is 10.0. The van der Waals surface area contributed by atoms with E-state index in [-0.39, 0.29) is 24.0 Å². The monoisotopic (exact) mass is 438 g/mol. The molecule has 0 heterocycles. The molecule has 0 saturated heterocycles. The molecule has 0 bridgehead atoms. The smallest absolute Gasteiger partial charge is 0.416 e. The summed E-state index contributed by atoms with van der Waals surface area (Å²) in [6.45, 7) is 0. The van der Waals surface area contributed by atoms with Gasteiger partial charge in [0, 0.05) is 11.1 Å². The van der Waals surface area contributed by atoms with E-state index < -0.39 is 35.0 Å². The molecule has 0 amide bonds. The van der Waals surface area contributed by atoms with Crippen LogP contribution in [0, 0.1) is 0 Å². The van der Waals surface area contributed by atoms with E-state index in [0.717, 1.165) is 24.3 Å². The Bertz CT molecular complexity index is 750. The lowest BCUT2D eigenvalue weighted by Crippen LogP contribution is -2.10. The maximum Gasteiger partial charge on any atom is 0.416 e. The lowest BCUT2D eigenvalue weighted by molar-refractivity contribution is -0.139. The van der Waals surface area contributed by atoms with Gasteiger partial charge in [0.15, 0.2) is 0 Å². The van der Waals surface area contributed by atoms with Gasteiger partial charge in [0.05, 0.1) is 11.1 Å². The number of phenolic OH excluding ortho intramolecular Hbond substituents is 2. The Labute approximate surface area is 168 Å². The fourth-order valence-electron chi connectivity index (χ4n) is 3.01. The minimum atomic E-state index is -4.55. The van der Waals surface area contributed by atoms with E-state index in [0.29, 0.717) is 24.3 Å². The Morgan fingerprint density at radius 1 is 0.655 bits per heavy atom. The van der Waals surface area contributed by atoms with Crippen LogP contribution in [-0.2, 0) is 25.2 Å². The van der Waals surface area contributed by atoms with Crippen LogP contribution >= 0.6 is 11.8 Å². The van der Waals surface area contributed by atoms with Gasteiger partial charge in [-0.2, -0.15) is 38.1 Å². The molecule has 0 aliphatic heterocycles. The zero-order chi connectivity index (χ0) is 21.7. The van der Waals surface area contributed by atoms with Gasteiger partial charge in [-0.1, -0.05) is 12.1 Å². The molecule has 0 spiro atoms. The van der Waals surface area contributed by atoms with Crippen LogP contribution in [0.5, 0.6) is 11.5 Å². The Kier molecular flexibility index (Phi) is 7.73. The molecule has 0 aromatic heterocycles. The average molecular weight is 438 g/mol. The third kappa shape index (κ3) is 6.48. The van der Waals surface area contributed by atoms with Crippen LogP contribution in [0.2, 0.25) is 0 Å². The zero-order valence-corrected chi connectivity index (χ0v) is 16.1. The highest BCUT2D eigenvalue weighted by atomic mass is 32.2. The molecule has 2 rings (SSSR count). The summed E-state index contributed by atoms with van der Waals surface area (Å²) in [5, 5.41) is 19.4. The van der Waals surface area contributed by atoms with Crippen molar-refractivity contribution >= 4 is 11.8 Å². The van der Waals surface area contributed by atoms with E-state index in [1.807, 2.05) is 0 Å². The van der Waals surface area contributed by atoms with Crippen molar-refractivity contribution in [2.75, 3.05) is 11.5 Å². The molecule has 9 heteroatoms. The quantitative estimate of drug-likeness (QED) is 0.368. The van der Waals surface area contributed by atoms with Crippen LogP contribution < -0.4 is 0 Å². The minimum Gasteiger partial charge on any atom is -0.508 e. The Morgan fingerprint density at radius 3 is 1.38 bits per heavy atom. The van der Waals surface area contributed by atoms with Gasteiger partial charge in [-0.25, -0.2) is 0 Å². The van der Waals surface area contributed by atoms with Crippen molar-refractivity contribution in [1.82, 2.24) is 0 Å². The van der Waals surface area contributed by atoms with E-state index >= 15 is 0 Å². The maximum absolute atomic E-state index is 13.0. The van der Waals surface area contributed by atoms with E-state index in [1.165, 1.54) is 23.9 Å². The Hall–Kier alpha value is -2.03. The second-order valence-corrected chi connectivity index (χ2v) is 7.65. The number of alkyl halides is 6. The molecule has 0 saturated carbocycles. The van der Waals surface area contributed by atoms with Crippen LogP contribution in [0.25, 0.3) is 0 Å². The van der Waals surface area contributed by atoms with Gasteiger partial charge in [0.1, 0.15) is 11.5 Å². The summed E-state index contributed by atoms with van der Waals surface area (Å²) >= 11 is 1.40. The third-order valence-electron chi connectivity index (χ3n) is 4.34. The van der Waals surface area contributed by atoms with E-state index in [9.17, 15) is 36.6 Å². The van der Waals surface area contributed by atoms with Gasteiger partial charge >= 0.3 is 12.4 Å². The van der Waals surface area contributed by atoms with Crippen molar-refractivity contribution in [1.29, 1.82) is 0 Å². The average Bonchev–Trinajstić information content (AvgIpc) is 2.61.